The predicted molar refractivity (Wildman–Crippen MR) is 104 cm³/mol. The van der Waals surface area contributed by atoms with E-state index in [1.807, 2.05) is 31.2 Å². The molecular formula is C21H20N4O2. The maximum atomic E-state index is 5.46. The minimum Gasteiger partial charge on any atom is -0.454 e. The van der Waals surface area contributed by atoms with Gasteiger partial charge in [-0.3, -0.25) is 0 Å². The van der Waals surface area contributed by atoms with E-state index in [-0.39, 0.29) is 6.79 Å². The molecule has 0 saturated carbocycles. The van der Waals surface area contributed by atoms with E-state index < -0.39 is 0 Å². The van der Waals surface area contributed by atoms with Gasteiger partial charge in [0.05, 0.1) is 0 Å². The molecule has 0 fully saturated rings. The van der Waals surface area contributed by atoms with Crippen LogP contribution in [0.1, 0.15) is 17.8 Å². The van der Waals surface area contributed by atoms with E-state index in [0.29, 0.717) is 0 Å². The Morgan fingerprint density at radius 1 is 1.00 bits per heavy atom. The molecule has 0 atom stereocenters. The summed E-state index contributed by atoms with van der Waals surface area (Å²) in [6.07, 6.45) is 2.23. The number of nitrogens with one attached hydrogen (secondary N) is 1. The number of fused-ring (bicyclic) bond motifs is 2. The third-order valence-corrected chi connectivity index (χ3v) is 4.86. The second-order valence-electron chi connectivity index (χ2n) is 6.74. The van der Waals surface area contributed by atoms with E-state index in [1.165, 1.54) is 11.3 Å². The number of para-hydroxylation sites is 1. The molecule has 3 heterocycles. The number of anilines is 4. The summed E-state index contributed by atoms with van der Waals surface area (Å²) >= 11 is 0. The van der Waals surface area contributed by atoms with Gasteiger partial charge < -0.3 is 19.7 Å². The van der Waals surface area contributed by atoms with Crippen LogP contribution in [0, 0.1) is 6.92 Å². The lowest BCUT2D eigenvalue weighted by Gasteiger charge is -2.30. The molecule has 1 N–H and O–H groups in total. The molecule has 6 heteroatoms. The molecule has 1 aromatic heterocycles. The first-order chi connectivity index (χ1) is 13.3. The van der Waals surface area contributed by atoms with E-state index in [1.54, 1.807) is 0 Å². The van der Waals surface area contributed by atoms with Crippen LogP contribution in [0.25, 0.3) is 0 Å². The minimum absolute atomic E-state index is 0.268. The summed E-state index contributed by atoms with van der Waals surface area (Å²) in [6, 6.07) is 16.3. The maximum absolute atomic E-state index is 5.46. The standard InChI is InChI=1S/C21H20N4O2/c1-14-22-20(24-16-8-9-18-19(11-16)27-13-26-18)12-21(23-14)25-10-4-6-15-5-2-3-7-17(15)25/h2-3,5,7-9,11-12H,4,6,10,13H2,1H3,(H,22,23,24). The van der Waals surface area contributed by atoms with Crippen molar-refractivity contribution in [2.75, 3.05) is 23.6 Å². The van der Waals surface area contributed by atoms with Gasteiger partial charge in [-0.2, -0.15) is 0 Å². The van der Waals surface area contributed by atoms with Crippen molar-refractivity contribution in [3.05, 3.63) is 59.9 Å². The summed E-state index contributed by atoms with van der Waals surface area (Å²) in [7, 11) is 0. The Bertz CT molecular complexity index is 1010. The Morgan fingerprint density at radius 2 is 1.89 bits per heavy atom. The molecule has 3 aromatic rings. The number of nitrogens with zero attached hydrogens (tertiary/aromatic N) is 3. The molecule has 0 bridgehead atoms. The van der Waals surface area contributed by atoms with Crippen LogP contribution in [0.5, 0.6) is 11.5 Å². The van der Waals surface area contributed by atoms with Gasteiger partial charge in [-0.15, -0.1) is 0 Å². The van der Waals surface area contributed by atoms with Crippen molar-refractivity contribution >= 4 is 23.0 Å². The second-order valence-corrected chi connectivity index (χ2v) is 6.74. The van der Waals surface area contributed by atoms with Gasteiger partial charge in [-0.25, -0.2) is 9.97 Å². The highest BCUT2D eigenvalue weighted by Gasteiger charge is 2.20. The molecule has 27 heavy (non-hydrogen) atoms. The molecule has 0 spiro atoms. The Balaban J connectivity index is 1.47. The SMILES string of the molecule is Cc1nc(Nc2ccc3c(c2)OCO3)cc(N2CCCc3ccccc32)n1. The topological polar surface area (TPSA) is 59.5 Å². The fraction of sp³-hybridized carbons (Fsp3) is 0.238. The van der Waals surface area contributed by atoms with Crippen molar-refractivity contribution < 1.29 is 9.47 Å². The lowest BCUT2D eigenvalue weighted by molar-refractivity contribution is 0.174. The highest BCUT2D eigenvalue weighted by molar-refractivity contribution is 5.69. The zero-order chi connectivity index (χ0) is 18.2. The summed E-state index contributed by atoms with van der Waals surface area (Å²) in [5.41, 5.74) is 3.50. The van der Waals surface area contributed by atoms with Gasteiger partial charge in [-0.05, 0) is 43.5 Å². The van der Waals surface area contributed by atoms with Gasteiger partial charge in [0.1, 0.15) is 17.5 Å². The second kappa shape index (κ2) is 6.46. The van der Waals surface area contributed by atoms with Crippen LogP contribution in [0.15, 0.2) is 48.5 Å². The van der Waals surface area contributed by atoms with Crippen LogP contribution in [0.4, 0.5) is 23.0 Å². The van der Waals surface area contributed by atoms with E-state index in [2.05, 4.69) is 44.5 Å². The molecule has 0 amide bonds. The Labute approximate surface area is 157 Å². The summed E-state index contributed by atoms with van der Waals surface area (Å²) in [5, 5.41) is 3.36. The Hall–Kier alpha value is -3.28. The van der Waals surface area contributed by atoms with Crippen LogP contribution in [-0.4, -0.2) is 23.3 Å². The molecule has 5 rings (SSSR count). The Morgan fingerprint density at radius 3 is 2.85 bits per heavy atom. The first kappa shape index (κ1) is 15.9. The zero-order valence-corrected chi connectivity index (χ0v) is 15.1. The molecule has 0 aliphatic carbocycles. The maximum Gasteiger partial charge on any atom is 0.231 e. The summed E-state index contributed by atoms with van der Waals surface area (Å²) in [4.78, 5) is 11.5. The van der Waals surface area contributed by atoms with Gasteiger partial charge in [0.15, 0.2) is 11.5 Å². The first-order valence-electron chi connectivity index (χ1n) is 9.14. The summed E-state index contributed by atoms with van der Waals surface area (Å²) in [5.74, 6) is 3.93. The van der Waals surface area contributed by atoms with Crippen LogP contribution in [-0.2, 0) is 6.42 Å². The average molecular weight is 360 g/mol. The first-order valence-corrected chi connectivity index (χ1v) is 9.14. The van der Waals surface area contributed by atoms with Crippen molar-refractivity contribution in [1.29, 1.82) is 0 Å². The van der Waals surface area contributed by atoms with Gasteiger partial charge >= 0.3 is 0 Å². The fourth-order valence-electron chi connectivity index (χ4n) is 3.65. The molecule has 2 aliphatic heterocycles. The molecule has 0 unspecified atom stereocenters. The number of aryl methyl sites for hydroxylation is 2. The smallest absolute Gasteiger partial charge is 0.231 e. The van der Waals surface area contributed by atoms with Gasteiger partial charge in [0.25, 0.3) is 0 Å². The molecule has 0 saturated heterocycles. The molecule has 136 valence electrons. The highest BCUT2D eigenvalue weighted by Crippen LogP contribution is 2.36. The van der Waals surface area contributed by atoms with E-state index in [9.17, 15) is 0 Å². The van der Waals surface area contributed by atoms with E-state index in [0.717, 1.165) is 54.0 Å². The summed E-state index contributed by atoms with van der Waals surface area (Å²) in [6.45, 7) is 3.14. The lowest BCUT2D eigenvalue weighted by atomic mass is 10.0. The number of benzene rings is 2. The highest BCUT2D eigenvalue weighted by atomic mass is 16.7. The van der Waals surface area contributed by atoms with Crippen molar-refractivity contribution in [2.24, 2.45) is 0 Å². The molecular weight excluding hydrogens is 340 g/mol. The number of hydrogen-bond donors (Lipinski definition) is 1. The van der Waals surface area contributed by atoms with Crippen molar-refractivity contribution in [3.63, 3.8) is 0 Å². The third kappa shape index (κ3) is 3.03. The summed E-state index contributed by atoms with van der Waals surface area (Å²) < 4.78 is 10.8. The molecule has 2 aromatic carbocycles. The lowest BCUT2D eigenvalue weighted by Crippen LogP contribution is -2.25. The predicted octanol–water partition coefficient (Wildman–Crippen LogP) is 4.34. The molecule has 2 aliphatic rings. The number of rotatable bonds is 3. The average Bonchev–Trinajstić information content (AvgIpc) is 3.15. The molecule has 6 nitrogen and oxygen atoms in total. The van der Waals surface area contributed by atoms with Crippen LogP contribution >= 0.6 is 0 Å². The Kier molecular flexibility index (Phi) is 3.81. The normalized spacial score (nSPS) is 14.8. The monoisotopic (exact) mass is 360 g/mol. The number of aromatic nitrogens is 2. The quantitative estimate of drug-likeness (QED) is 0.750. The largest absolute Gasteiger partial charge is 0.454 e. The fourth-order valence-corrected chi connectivity index (χ4v) is 3.65. The third-order valence-electron chi connectivity index (χ3n) is 4.86. The van der Waals surface area contributed by atoms with Crippen LogP contribution < -0.4 is 19.7 Å². The van der Waals surface area contributed by atoms with Crippen molar-refractivity contribution in [1.82, 2.24) is 9.97 Å². The molecule has 0 radical (unpaired) electrons. The van der Waals surface area contributed by atoms with E-state index >= 15 is 0 Å². The number of hydrogen-bond acceptors (Lipinski definition) is 6. The van der Waals surface area contributed by atoms with Crippen LogP contribution in [0.2, 0.25) is 0 Å². The minimum atomic E-state index is 0.268. The van der Waals surface area contributed by atoms with Crippen LogP contribution in [0.3, 0.4) is 0 Å². The van der Waals surface area contributed by atoms with Gasteiger partial charge in [0.2, 0.25) is 6.79 Å². The van der Waals surface area contributed by atoms with Gasteiger partial charge in [-0.1, -0.05) is 18.2 Å². The van der Waals surface area contributed by atoms with Gasteiger partial charge in [0, 0.05) is 30.1 Å². The van der Waals surface area contributed by atoms with E-state index in [4.69, 9.17) is 9.47 Å². The van der Waals surface area contributed by atoms with Crippen molar-refractivity contribution in [3.8, 4) is 11.5 Å². The van der Waals surface area contributed by atoms with Crippen molar-refractivity contribution in [2.45, 2.75) is 19.8 Å². The number of ether oxygens (including phenoxy) is 2. The zero-order valence-electron chi connectivity index (χ0n) is 15.1.